The molecule has 0 aromatic rings. The van der Waals surface area contributed by atoms with Gasteiger partial charge in [-0.2, -0.15) is 0 Å². The van der Waals surface area contributed by atoms with Crippen molar-refractivity contribution in [3.8, 4) is 0 Å². The molecule has 0 spiro atoms. The van der Waals surface area contributed by atoms with Gasteiger partial charge in [0.1, 0.15) is 0 Å². The Hall–Kier alpha value is -0.790. The molecule has 1 rings (SSSR count). The Morgan fingerprint density at radius 3 is 2.50 bits per heavy atom. The van der Waals surface area contributed by atoms with Crippen LogP contribution in [0.3, 0.4) is 0 Å². The second-order valence-corrected chi connectivity index (χ2v) is 5.67. The summed E-state index contributed by atoms with van der Waals surface area (Å²) in [5.41, 5.74) is 5.46. The standard InChI is InChI=1S/C14H25NO/c1-5-12(13(15)16)14(4)8-6-11(7-9-14)10(2)3/h6,8,10-12H,5,7,9H2,1-4H3,(H2,15,16). The third-order valence-corrected chi connectivity index (χ3v) is 4.14. The molecular formula is C14H25NO. The van der Waals surface area contributed by atoms with E-state index in [0.717, 1.165) is 12.8 Å². The summed E-state index contributed by atoms with van der Waals surface area (Å²) < 4.78 is 0. The first-order chi connectivity index (χ1) is 7.40. The van der Waals surface area contributed by atoms with Crippen LogP contribution in [0.2, 0.25) is 0 Å². The highest BCUT2D eigenvalue weighted by Crippen LogP contribution is 2.42. The number of carbonyl (C=O) groups excluding carboxylic acids is 1. The smallest absolute Gasteiger partial charge is 0.221 e. The van der Waals surface area contributed by atoms with Crippen LogP contribution < -0.4 is 5.73 Å². The molecule has 1 amide bonds. The maximum Gasteiger partial charge on any atom is 0.221 e. The summed E-state index contributed by atoms with van der Waals surface area (Å²) in [5, 5.41) is 0. The van der Waals surface area contributed by atoms with E-state index in [-0.39, 0.29) is 17.2 Å². The Morgan fingerprint density at radius 2 is 2.19 bits per heavy atom. The van der Waals surface area contributed by atoms with Gasteiger partial charge in [0.2, 0.25) is 5.91 Å². The summed E-state index contributed by atoms with van der Waals surface area (Å²) in [6.07, 6.45) is 7.62. The van der Waals surface area contributed by atoms with Crippen LogP contribution >= 0.6 is 0 Å². The molecule has 1 aliphatic rings. The van der Waals surface area contributed by atoms with Gasteiger partial charge >= 0.3 is 0 Å². The average molecular weight is 223 g/mol. The quantitative estimate of drug-likeness (QED) is 0.731. The van der Waals surface area contributed by atoms with Gasteiger partial charge in [0.15, 0.2) is 0 Å². The molecule has 16 heavy (non-hydrogen) atoms. The zero-order valence-corrected chi connectivity index (χ0v) is 11.0. The Balaban J connectivity index is 2.81. The number of allylic oxidation sites excluding steroid dienone is 2. The predicted octanol–water partition coefficient (Wildman–Crippen LogP) is 3.13. The van der Waals surface area contributed by atoms with Gasteiger partial charge in [0.25, 0.3) is 0 Å². The van der Waals surface area contributed by atoms with Gasteiger partial charge in [-0.3, -0.25) is 4.79 Å². The van der Waals surface area contributed by atoms with Crippen LogP contribution in [-0.4, -0.2) is 5.91 Å². The van der Waals surface area contributed by atoms with Gasteiger partial charge in [0.05, 0.1) is 0 Å². The molecule has 1 aliphatic carbocycles. The third kappa shape index (κ3) is 2.66. The molecule has 2 heteroatoms. The first kappa shape index (κ1) is 13.3. The molecular weight excluding hydrogens is 198 g/mol. The van der Waals surface area contributed by atoms with E-state index in [1.54, 1.807) is 0 Å². The van der Waals surface area contributed by atoms with Crippen molar-refractivity contribution in [2.24, 2.45) is 28.9 Å². The van der Waals surface area contributed by atoms with Gasteiger partial charge in [-0.15, -0.1) is 0 Å². The summed E-state index contributed by atoms with van der Waals surface area (Å²) in [6, 6.07) is 0. The molecule has 92 valence electrons. The van der Waals surface area contributed by atoms with Crippen molar-refractivity contribution in [3.05, 3.63) is 12.2 Å². The topological polar surface area (TPSA) is 43.1 Å². The maximum absolute atomic E-state index is 11.4. The van der Waals surface area contributed by atoms with Gasteiger partial charge in [-0.25, -0.2) is 0 Å². The number of carbonyl (C=O) groups is 1. The molecule has 0 aromatic carbocycles. The van der Waals surface area contributed by atoms with Gasteiger partial charge in [-0.1, -0.05) is 39.8 Å². The first-order valence-electron chi connectivity index (χ1n) is 6.39. The maximum atomic E-state index is 11.4. The Labute approximate surface area is 99.3 Å². The Kier molecular flexibility index (Phi) is 4.17. The van der Waals surface area contributed by atoms with Crippen molar-refractivity contribution in [3.63, 3.8) is 0 Å². The van der Waals surface area contributed by atoms with Gasteiger partial charge in [-0.05, 0) is 36.5 Å². The normalized spacial score (nSPS) is 31.7. The Morgan fingerprint density at radius 1 is 1.56 bits per heavy atom. The molecule has 0 saturated heterocycles. The lowest BCUT2D eigenvalue weighted by atomic mass is 9.66. The summed E-state index contributed by atoms with van der Waals surface area (Å²) >= 11 is 0. The second-order valence-electron chi connectivity index (χ2n) is 5.67. The summed E-state index contributed by atoms with van der Waals surface area (Å²) in [6.45, 7) is 8.72. The number of hydrogen-bond acceptors (Lipinski definition) is 1. The second kappa shape index (κ2) is 5.03. The minimum Gasteiger partial charge on any atom is -0.369 e. The predicted molar refractivity (Wildman–Crippen MR) is 67.8 cm³/mol. The van der Waals surface area contributed by atoms with Crippen molar-refractivity contribution in [2.75, 3.05) is 0 Å². The van der Waals surface area contributed by atoms with E-state index in [1.807, 2.05) is 6.92 Å². The molecule has 0 aliphatic heterocycles. The van der Waals surface area contributed by atoms with E-state index < -0.39 is 0 Å². The van der Waals surface area contributed by atoms with Crippen LogP contribution in [0.1, 0.15) is 47.0 Å². The molecule has 3 atom stereocenters. The number of amides is 1. The fraction of sp³-hybridized carbons (Fsp3) is 0.786. The molecule has 0 saturated carbocycles. The molecule has 0 heterocycles. The molecule has 0 bridgehead atoms. The van der Waals surface area contributed by atoms with Crippen LogP contribution in [0.4, 0.5) is 0 Å². The van der Waals surface area contributed by atoms with Crippen LogP contribution in [0.25, 0.3) is 0 Å². The number of hydrogen-bond donors (Lipinski definition) is 1. The monoisotopic (exact) mass is 223 g/mol. The van der Waals surface area contributed by atoms with Crippen molar-refractivity contribution < 1.29 is 4.79 Å². The SMILES string of the molecule is CCC(C(N)=O)C1(C)C=CC(C(C)C)CC1. The fourth-order valence-corrected chi connectivity index (χ4v) is 2.84. The first-order valence-corrected chi connectivity index (χ1v) is 6.39. The average Bonchev–Trinajstić information content (AvgIpc) is 2.18. The molecule has 3 unspecified atom stereocenters. The lowest BCUT2D eigenvalue weighted by Gasteiger charge is -2.38. The minimum atomic E-state index is -0.155. The van der Waals surface area contributed by atoms with Crippen molar-refractivity contribution in [2.45, 2.75) is 47.0 Å². The van der Waals surface area contributed by atoms with E-state index in [1.165, 1.54) is 6.42 Å². The highest BCUT2D eigenvalue weighted by molar-refractivity contribution is 5.77. The highest BCUT2D eigenvalue weighted by atomic mass is 16.1. The van der Waals surface area contributed by atoms with Crippen LogP contribution in [0.5, 0.6) is 0 Å². The van der Waals surface area contributed by atoms with Gasteiger partial charge < -0.3 is 5.73 Å². The lowest BCUT2D eigenvalue weighted by Crippen LogP contribution is -2.38. The van der Waals surface area contributed by atoms with Crippen molar-refractivity contribution >= 4 is 5.91 Å². The van der Waals surface area contributed by atoms with Crippen LogP contribution in [0.15, 0.2) is 12.2 Å². The zero-order chi connectivity index (χ0) is 12.3. The number of primary amides is 1. The largest absolute Gasteiger partial charge is 0.369 e. The molecule has 0 fully saturated rings. The molecule has 0 aromatic heterocycles. The van der Waals surface area contributed by atoms with E-state index >= 15 is 0 Å². The van der Waals surface area contributed by atoms with Gasteiger partial charge in [0, 0.05) is 5.92 Å². The molecule has 0 radical (unpaired) electrons. The van der Waals surface area contributed by atoms with Crippen LogP contribution in [0, 0.1) is 23.2 Å². The Bertz CT molecular complexity index is 282. The van der Waals surface area contributed by atoms with Crippen molar-refractivity contribution in [1.82, 2.24) is 0 Å². The summed E-state index contributed by atoms with van der Waals surface area (Å²) in [7, 11) is 0. The third-order valence-electron chi connectivity index (χ3n) is 4.14. The van der Waals surface area contributed by atoms with E-state index in [2.05, 4.69) is 32.9 Å². The van der Waals surface area contributed by atoms with E-state index in [4.69, 9.17) is 5.73 Å². The fourth-order valence-electron chi connectivity index (χ4n) is 2.84. The number of nitrogens with two attached hydrogens (primary N) is 1. The van der Waals surface area contributed by atoms with E-state index in [9.17, 15) is 4.79 Å². The molecule has 2 nitrogen and oxygen atoms in total. The minimum absolute atomic E-state index is 0.0168. The summed E-state index contributed by atoms with van der Waals surface area (Å²) in [4.78, 5) is 11.4. The lowest BCUT2D eigenvalue weighted by molar-refractivity contribution is -0.125. The summed E-state index contributed by atoms with van der Waals surface area (Å²) in [5.74, 6) is 1.18. The van der Waals surface area contributed by atoms with Crippen molar-refractivity contribution in [1.29, 1.82) is 0 Å². The number of rotatable bonds is 4. The molecule has 2 N–H and O–H groups in total. The highest BCUT2D eigenvalue weighted by Gasteiger charge is 2.37. The zero-order valence-electron chi connectivity index (χ0n) is 11.0. The van der Waals surface area contributed by atoms with E-state index in [0.29, 0.717) is 11.8 Å². The van der Waals surface area contributed by atoms with Crippen LogP contribution in [-0.2, 0) is 4.79 Å².